The van der Waals surface area contributed by atoms with Crippen molar-refractivity contribution in [1.29, 1.82) is 0 Å². The molecule has 0 radical (unpaired) electrons. The van der Waals surface area contributed by atoms with E-state index in [-0.39, 0.29) is 54.8 Å². The number of hydrogen-bond donors (Lipinski definition) is 2. The molecular formula is C54H85NO12. The molecule has 2 saturated heterocycles. The van der Waals surface area contributed by atoms with Crippen LogP contribution in [0.3, 0.4) is 0 Å². The molecule has 0 aromatic rings. The van der Waals surface area contributed by atoms with Crippen LogP contribution in [-0.2, 0) is 47.7 Å². The Balaban J connectivity index is 1.70. The Kier molecular flexibility index (Phi) is 22.3. The van der Waals surface area contributed by atoms with Gasteiger partial charge >= 0.3 is 5.97 Å². The number of aliphatic hydroxyl groups is 2. The third-order valence-corrected chi connectivity index (χ3v) is 15.3. The van der Waals surface area contributed by atoms with Gasteiger partial charge < -0.3 is 38.8 Å². The van der Waals surface area contributed by atoms with Gasteiger partial charge in [-0.3, -0.25) is 19.2 Å². The van der Waals surface area contributed by atoms with Gasteiger partial charge in [-0.2, -0.15) is 0 Å². The van der Waals surface area contributed by atoms with Gasteiger partial charge in [-0.25, -0.2) is 4.79 Å². The zero-order valence-corrected chi connectivity index (χ0v) is 42.6. The fraction of sp³-hybridized carbons (Fsp3) is 0.759. The number of carbonyl (C=O) groups is 5. The van der Waals surface area contributed by atoms with Crippen molar-refractivity contribution in [1.82, 2.24) is 4.90 Å². The first kappa shape index (κ1) is 56.3. The van der Waals surface area contributed by atoms with Gasteiger partial charge in [0.2, 0.25) is 5.79 Å². The molecule has 3 heterocycles. The molecule has 1 amide bonds. The van der Waals surface area contributed by atoms with Crippen LogP contribution in [0.15, 0.2) is 47.6 Å². The highest BCUT2D eigenvalue weighted by atomic mass is 16.6. The van der Waals surface area contributed by atoms with E-state index in [0.717, 1.165) is 37.7 Å². The summed E-state index contributed by atoms with van der Waals surface area (Å²) in [6.07, 6.45) is 15.9. The van der Waals surface area contributed by atoms with Crippen LogP contribution in [0.4, 0.5) is 0 Å². The summed E-state index contributed by atoms with van der Waals surface area (Å²) in [4.78, 5) is 72.2. The minimum atomic E-state index is -2.41. The maximum Gasteiger partial charge on any atom is 0.329 e. The van der Waals surface area contributed by atoms with Crippen molar-refractivity contribution in [2.45, 2.75) is 194 Å². The summed E-state index contributed by atoms with van der Waals surface area (Å²) in [5.41, 5.74) is 1.30. The molecule has 1 aliphatic carbocycles. The van der Waals surface area contributed by atoms with Gasteiger partial charge in [0.25, 0.3) is 11.7 Å². The van der Waals surface area contributed by atoms with E-state index in [1.807, 2.05) is 58.1 Å². The second-order valence-corrected chi connectivity index (χ2v) is 20.6. The molecule has 67 heavy (non-hydrogen) atoms. The Labute approximate surface area is 401 Å². The first-order valence-corrected chi connectivity index (χ1v) is 25.3. The van der Waals surface area contributed by atoms with Crippen LogP contribution in [-0.4, -0.2) is 121 Å². The molecule has 2 N–H and O–H groups in total. The molecule has 15 atom stereocenters. The number of fused-ring (bicyclic) bond motifs is 3. The van der Waals surface area contributed by atoms with Crippen molar-refractivity contribution >= 4 is 29.2 Å². The lowest BCUT2D eigenvalue weighted by atomic mass is 9.74. The van der Waals surface area contributed by atoms with Crippen LogP contribution >= 0.6 is 0 Å². The Morgan fingerprint density at radius 2 is 1.60 bits per heavy atom. The van der Waals surface area contributed by atoms with Crippen molar-refractivity contribution in [2.75, 3.05) is 27.9 Å². The highest BCUT2D eigenvalue weighted by molar-refractivity contribution is 6.39. The van der Waals surface area contributed by atoms with E-state index < -0.39 is 77.8 Å². The number of amides is 1. The van der Waals surface area contributed by atoms with Gasteiger partial charge in [0.1, 0.15) is 30.1 Å². The predicted molar refractivity (Wildman–Crippen MR) is 258 cm³/mol. The van der Waals surface area contributed by atoms with Gasteiger partial charge in [-0.1, -0.05) is 84.4 Å². The molecule has 1 saturated carbocycles. The Morgan fingerprint density at radius 3 is 2.27 bits per heavy atom. The summed E-state index contributed by atoms with van der Waals surface area (Å²) in [5.74, 6) is -7.00. The highest BCUT2D eigenvalue weighted by Crippen LogP contribution is 2.39. The summed E-state index contributed by atoms with van der Waals surface area (Å²) >= 11 is 0. The SMILES string of the molecule is CCC[C@@H]1CC[C@@H](C[C@@H](C)[C@@H]2CC(=O)[C@H](C)/C=C(\C)[C@@H](O)[C@@H](OC)C(=O)[C@H](C)C[C@H](C)/C=C/C=C/C=C(\C)[C@@H](OC)C[C@@H]3CC[C@@H](C)[C@@](O)(O3)C(=O)C(=O)N3CCCC[C@H]3C(=O)O2)C[C@H]1OC. The molecule has 13 heteroatoms. The molecule has 0 aromatic carbocycles. The van der Waals surface area contributed by atoms with Crippen molar-refractivity contribution in [2.24, 2.45) is 41.4 Å². The molecule has 4 aliphatic rings. The normalized spacial score (nSPS) is 39.6. The van der Waals surface area contributed by atoms with Gasteiger partial charge in [0.05, 0.1) is 18.3 Å². The van der Waals surface area contributed by atoms with Crippen molar-refractivity contribution in [3.63, 3.8) is 0 Å². The Morgan fingerprint density at radius 1 is 0.866 bits per heavy atom. The third kappa shape index (κ3) is 15.1. The lowest BCUT2D eigenvalue weighted by Gasteiger charge is -2.42. The number of cyclic esters (lactones) is 1. The molecular weight excluding hydrogens is 855 g/mol. The minimum Gasteiger partial charge on any atom is -0.460 e. The fourth-order valence-corrected chi connectivity index (χ4v) is 10.9. The molecule has 13 nitrogen and oxygen atoms in total. The number of piperidine rings is 1. The monoisotopic (exact) mass is 940 g/mol. The maximum atomic E-state index is 14.5. The largest absolute Gasteiger partial charge is 0.460 e. The van der Waals surface area contributed by atoms with E-state index in [4.69, 9.17) is 23.7 Å². The number of rotatable bonds is 8. The third-order valence-electron chi connectivity index (χ3n) is 15.3. The molecule has 2 bridgehead atoms. The van der Waals surface area contributed by atoms with E-state index in [9.17, 15) is 34.2 Å². The first-order chi connectivity index (χ1) is 31.8. The van der Waals surface area contributed by atoms with Crippen LogP contribution in [0.2, 0.25) is 0 Å². The number of ketones is 3. The number of nitrogens with zero attached hydrogens (tertiary/aromatic N) is 1. The number of carbonyl (C=O) groups excluding carboxylic acids is 5. The Hall–Kier alpha value is -3.33. The van der Waals surface area contributed by atoms with E-state index >= 15 is 0 Å². The van der Waals surface area contributed by atoms with Gasteiger partial charge in [0.15, 0.2) is 5.78 Å². The number of methoxy groups -OCH3 is 3. The van der Waals surface area contributed by atoms with Crippen LogP contribution in [0.1, 0.15) is 145 Å². The molecule has 378 valence electrons. The van der Waals surface area contributed by atoms with Crippen molar-refractivity contribution in [3.8, 4) is 0 Å². The van der Waals surface area contributed by atoms with Crippen LogP contribution < -0.4 is 0 Å². The van der Waals surface area contributed by atoms with E-state index in [0.29, 0.717) is 56.4 Å². The number of ether oxygens (including phenoxy) is 5. The van der Waals surface area contributed by atoms with Gasteiger partial charge in [0, 0.05) is 58.5 Å². The summed E-state index contributed by atoms with van der Waals surface area (Å²) in [6, 6.07) is -1.11. The second kappa shape index (κ2) is 26.6. The number of allylic oxidation sites excluding steroid dienone is 6. The topological polar surface area (TPSA) is 175 Å². The molecule has 3 fully saturated rings. The standard InChI is InChI=1S/C54H85NO12/c1-12-18-41-24-23-40(30-47(41)64-10)29-36(5)46-32-44(56)35(4)28-38(7)49(58)50(65-11)48(57)37(6)27-33(2)19-14-13-15-20-34(3)45(63-9)31-42-25-22-39(8)54(62,67-42)51(59)52(60)55-26-17-16-21-43(55)53(61)66-46/h13-15,19-20,28,33,35-37,39-43,45-47,49-50,58,62H,12,16-18,21-27,29-32H2,1-11H3/b15-13+,19-14+,34-20+,38-28+/t33-,35-,36-,37-,39-,40+,41-,42+,43+,45+,46+,47-,49-,50+,54-/m1/s1. The van der Waals surface area contributed by atoms with Crippen molar-refractivity contribution < 1.29 is 57.9 Å². The number of aliphatic hydroxyl groups excluding tert-OH is 1. The fourth-order valence-electron chi connectivity index (χ4n) is 10.9. The van der Waals surface area contributed by atoms with Crippen LogP contribution in [0.5, 0.6) is 0 Å². The lowest BCUT2D eigenvalue weighted by Crippen LogP contribution is -2.61. The van der Waals surface area contributed by atoms with Gasteiger partial charge in [-0.15, -0.1) is 0 Å². The molecule has 0 aromatic heterocycles. The molecule has 4 rings (SSSR count). The highest BCUT2D eigenvalue weighted by Gasteiger charge is 2.53. The minimum absolute atomic E-state index is 0.0298. The summed E-state index contributed by atoms with van der Waals surface area (Å²) in [6.45, 7) is 15.1. The maximum absolute atomic E-state index is 14.5. The first-order valence-electron chi connectivity index (χ1n) is 25.3. The van der Waals surface area contributed by atoms with E-state index in [1.54, 1.807) is 41.1 Å². The number of hydrogen-bond acceptors (Lipinski definition) is 12. The second-order valence-electron chi connectivity index (χ2n) is 20.6. The summed E-state index contributed by atoms with van der Waals surface area (Å²) in [5, 5.41) is 23.5. The smallest absolute Gasteiger partial charge is 0.329 e. The predicted octanol–water partition coefficient (Wildman–Crippen LogP) is 8.24. The quantitative estimate of drug-likeness (QED) is 0.136. The summed E-state index contributed by atoms with van der Waals surface area (Å²) in [7, 11) is 4.74. The van der Waals surface area contributed by atoms with E-state index in [1.165, 1.54) is 12.0 Å². The summed E-state index contributed by atoms with van der Waals surface area (Å²) < 4.78 is 29.9. The Bertz CT molecular complexity index is 1790. The number of esters is 1. The average molecular weight is 940 g/mol. The number of Topliss-reactive ketones (excluding diaryl/α,β-unsaturated/α-hetero) is 3. The van der Waals surface area contributed by atoms with Crippen LogP contribution in [0, 0.1) is 41.4 Å². The lowest BCUT2D eigenvalue weighted by molar-refractivity contribution is -0.265. The molecule has 0 spiro atoms. The average Bonchev–Trinajstić information content (AvgIpc) is 3.30. The zero-order valence-electron chi connectivity index (χ0n) is 42.6. The van der Waals surface area contributed by atoms with E-state index in [2.05, 4.69) is 6.92 Å². The van der Waals surface area contributed by atoms with Crippen molar-refractivity contribution in [3.05, 3.63) is 47.6 Å². The molecule has 0 unspecified atom stereocenters. The van der Waals surface area contributed by atoms with Gasteiger partial charge in [-0.05, 0) is 119 Å². The molecule has 3 aliphatic heterocycles. The van der Waals surface area contributed by atoms with Crippen LogP contribution in [0.25, 0.3) is 0 Å². The zero-order chi connectivity index (χ0) is 49.6.